The Bertz CT molecular complexity index is 1070. The summed E-state index contributed by atoms with van der Waals surface area (Å²) in [5.74, 6) is 0.419. The summed E-state index contributed by atoms with van der Waals surface area (Å²) in [6.07, 6.45) is 1.81. The minimum atomic E-state index is -3.25. The number of furan rings is 1. The van der Waals surface area contributed by atoms with Gasteiger partial charge in [-0.3, -0.25) is 4.79 Å². The van der Waals surface area contributed by atoms with Crippen LogP contribution in [0.25, 0.3) is 11.0 Å². The highest BCUT2D eigenvalue weighted by atomic mass is 32.2. The molecule has 1 unspecified atom stereocenters. The number of amides is 1. The minimum absolute atomic E-state index is 0.195. The standard InChI is InChI=1S/C20H21NO5S/c1-4-16(13-8-10-15(11-9-13)27(3,23)24)21-20(22)18-12-14-6-5-7-17(25-2)19(14)26-18/h5-12,16H,4H2,1-3H3,(H,21,22). The van der Waals surface area contributed by atoms with Gasteiger partial charge in [0, 0.05) is 11.6 Å². The summed E-state index contributed by atoms with van der Waals surface area (Å²) in [5, 5.41) is 3.72. The van der Waals surface area contributed by atoms with Crippen molar-refractivity contribution in [2.24, 2.45) is 0 Å². The number of benzene rings is 2. The average molecular weight is 387 g/mol. The number of hydrogen-bond acceptors (Lipinski definition) is 5. The summed E-state index contributed by atoms with van der Waals surface area (Å²) in [7, 11) is -1.71. The number of sulfone groups is 1. The number of hydrogen-bond donors (Lipinski definition) is 1. The largest absolute Gasteiger partial charge is 0.493 e. The van der Waals surface area contributed by atoms with Crippen molar-refractivity contribution < 1.29 is 22.4 Å². The fourth-order valence-corrected chi connectivity index (χ4v) is 3.54. The molecule has 0 aliphatic rings. The zero-order valence-corrected chi connectivity index (χ0v) is 16.2. The lowest BCUT2D eigenvalue weighted by Crippen LogP contribution is -2.27. The van der Waals surface area contributed by atoms with E-state index in [1.807, 2.05) is 19.1 Å². The Labute approximate surface area is 158 Å². The molecule has 0 saturated carbocycles. The average Bonchev–Trinajstić information content (AvgIpc) is 3.09. The second-order valence-corrected chi connectivity index (χ2v) is 8.28. The molecule has 0 bridgehead atoms. The predicted molar refractivity (Wildman–Crippen MR) is 103 cm³/mol. The van der Waals surface area contributed by atoms with Gasteiger partial charge in [0.25, 0.3) is 5.91 Å². The van der Waals surface area contributed by atoms with Crippen molar-refractivity contribution in [2.75, 3.05) is 13.4 Å². The Morgan fingerprint density at radius 1 is 1.19 bits per heavy atom. The van der Waals surface area contributed by atoms with Gasteiger partial charge >= 0.3 is 0 Å². The van der Waals surface area contributed by atoms with Crippen LogP contribution in [0.4, 0.5) is 0 Å². The van der Waals surface area contributed by atoms with Crippen molar-refractivity contribution in [3.63, 3.8) is 0 Å². The van der Waals surface area contributed by atoms with Gasteiger partial charge in [-0.25, -0.2) is 8.42 Å². The monoisotopic (exact) mass is 387 g/mol. The first-order valence-corrected chi connectivity index (χ1v) is 10.4. The highest BCUT2D eigenvalue weighted by Gasteiger charge is 2.19. The number of methoxy groups -OCH3 is 1. The lowest BCUT2D eigenvalue weighted by atomic mass is 10.0. The number of nitrogens with one attached hydrogen (secondary N) is 1. The lowest BCUT2D eigenvalue weighted by molar-refractivity contribution is 0.0909. The SMILES string of the molecule is CCC(NC(=O)c1cc2cccc(OC)c2o1)c1ccc(S(C)(=O)=O)cc1. The quantitative estimate of drug-likeness (QED) is 0.697. The van der Waals surface area contributed by atoms with Gasteiger partial charge in [0.15, 0.2) is 26.9 Å². The maximum Gasteiger partial charge on any atom is 0.287 e. The van der Waals surface area contributed by atoms with Gasteiger partial charge in [0.2, 0.25) is 0 Å². The molecule has 0 saturated heterocycles. The molecule has 3 rings (SSSR count). The molecule has 1 heterocycles. The van der Waals surface area contributed by atoms with Crippen LogP contribution in [0.3, 0.4) is 0 Å². The van der Waals surface area contributed by atoms with Crippen LogP contribution in [-0.4, -0.2) is 27.7 Å². The smallest absolute Gasteiger partial charge is 0.287 e. The minimum Gasteiger partial charge on any atom is -0.493 e. The first-order chi connectivity index (χ1) is 12.8. The van der Waals surface area contributed by atoms with E-state index in [1.165, 1.54) is 0 Å². The van der Waals surface area contributed by atoms with E-state index in [4.69, 9.17) is 9.15 Å². The molecule has 6 nitrogen and oxygen atoms in total. The zero-order chi connectivity index (χ0) is 19.6. The predicted octanol–water partition coefficient (Wildman–Crippen LogP) is 3.73. The summed E-state index contributed by atoms with van der Waals surface area (Å²) < 4.78 is 34.1. The molecule has 0 aliphatic heterocycles. The number of carbonyl (C=O) groups excluding carboxylic acids is 1. The molecule has 0 fully saturated rings. The highest BCUT2D eigenvalue weighted by molar-refractivity contribution is 7.90. The summed E-state index contributed by atoms with van der Waals surface area (Å²) in [5.41, 5.74) is 1.35. The van der Waals surface area contributed by atoms with Crippen LogP contribution in [0, 0.1) is 0 Å². The van der Waals surface area contributed by atoms with Gasteiger partial charge in [-0.1, -0.05) is 31.2 Å². The van der Waals surface area contributed by atoms with E-state index < -0.39 is 9.84 Å². The number of carbonyl (C=O) groups is 1. The van der Waals surface area contributed by atoms with Crippen LogP contribution in [0.1, 0.15) is 35.5 Å². The Balaban J connectivity index is 1.83. The third-order valence-corrected chi connectivity index (χ3v) is 5.50. The van der Waals surface area contributed by atoms with Crippen molar-refractivity contribution >= 4 is 26.7 Å². The van der Waals surface area contributed by atoms with Crippen molar-refractivity contribution in [3.05, 3.63) is 59.9 Å². The van der Waals surface area contributed by atoms with Gasteiger partial charge in [0.1, 0.15) is 0 Å². The first kappa shape index (κ1) is 19.0. The highest BCUT2D eigenvalue weighted by Crippen LogP contribution is 2.29. The van der Waals surface area contributed by atoms with Gasteiger partial charge < -0.3 is 14.5 Å². The number of para-hydroxylation sites is 1. The maximum absolute atomic E-state index is 12.6. The first-order valence-electron chi connectivity index (χ1n) is 8.51. The van der Waals surface area contributed by atoms with E-state index in [0.29, 0.717) is 17.8 Å². The molecule has 7 heteroatoms. The van der Waals surface area contributed by atoms with Crippen LogP contribution in [0.15, 0.2) is 57.8 Å². The van der Waals surface area contributed by atoms with Gasteiger partial charge in [-0.15, -0.1) is 0 Å². The molecule has 0 spiro atoms. The molecule has 1 aromatic heterocycles. The molecule has 1 amide bonds. The van der Waals surface area contributed by atoms with Crippen LogP contribution >= 0.6 is 0 Å². The number of ether oxygens (including phenoxy) is 1. The molecule has 1 N–H and O–H groups in total. The number of fused-ring (bicyclic) bond motifs is 1. The fourth-order valence-electron chi connectivity index (χ4n) is 2.91. The maximum atomic E-state index is 12.6. The van der Waals surface area contributed by atoms with Gasteiger partial charge in [-0.05, 0) is 36.2 Å². The Hall–Kier alpha value is -2.80. The molecular formula is C20H21NO5S. The van der Waals surface area contributed by atoms with Crippen molar-refractivity contribution in [3.8, 4) is 5.75 Å². The van der Waals surface area contributed by atoms with E-state index in [1.54, 1.807) is 43.5 Å². The molecular weight excluding hydrogens is 366 g/mol. The normalized spacial score (nSPS) is 12.7. The third-order valence-electron chi connectivity index (χ3n) is 4.38. The number of rotatable bonds is 6. The van der Waals surface area contributed by atoms with Crippen molar-refractivity contribution in [1.82, 2.24) is 5.32 Å². The second-order valence-electron chi connectivity index (χ2n) is 6.26. The molecule has 142 valence electrons. The topological polar surface area (TPSA) is 85.6 Å². The molecule has 3 aromatic rings. The van der Waals surface area contributed by atoms with Crippen LogP contribution < -0.4 is 10.1 Å². The summed E-state index contributed by atoms with van der Waals surface area (Å²) >= 11 is 0. The van der Waals surface area contributed by atoms with E-state index >= 15 is 0 Å². The fraction of sp³-hybridized carbons (Fsp3) is 0.250. The van der Waals surface area contributed by atoms with E-state index in [9.17, 15) is 13.2 Å². The van der Waals surface area contributed by atoms with E-state index in [-0.39, 0.29) is 22.6 Å². The third kappa shape index (κ3) is 3.98. The Morgan fingerprint density at radius 2 is 1.89 bits per heavy atom. The van der Waals surface area contributed by atoms with E-state index in [0.717, 1.165) is 17.2 Å². The molecule has 0 radical (unpaired) electrons. The Morgan fingerprint density at radius 3 is 2.48 bits per heavy atom. The van der Waals surface area contributed by atoms with Crippen molar-refractivity contribution in [2.45, 2.75) is 24.3 Å². The molecule has 27 heavy (non-hydrogen) atoms. The van der Waals surface area contributed by atoms with E-state index in [2.05, 4.69) is 5.32 Å². The summed E-state index contributed by atoms with van der Waals surface area (Å²) in [6.45, 7) is 1.94. The van der Waals surface area contributed by atoms with Crippen LogP contribution in [0.2, 0.25) is 0 Å². The molecule has 2 aromatic carbocycles. The van der Waals surface area contributed by atoms with Crippen molar-refractivity contribution in [1.29, 1.82) is 0 Å². The molecule has 1 atom stereocenters. The Kier molecular flexibility index (Phi) is 5.23. The lowest BCUT2D eigenvalue weighted by Gasteiger charge is -2.17. The summed E-state index contributed by atoms with van der Waals surface area (Å²) in [6, 6.07) is 13.4. The van der Waals surface area contributed by atoms with Crippen LogP contribution in [-0.2, 0) is 9.84 Å². The summed E-state index contributed by atoms with van der Waals surface area (Å²) in [4.78, 5) is 12.9. The van der Waals surface area contributed by atoms with Gasteiger partial charge in [0.05, 0.1) is 18.0 Å². The second kappa shape index (κ2) is 7.44. The zero-order valence-electron chi connectivity index (χ0n) is 15.4. The van der Waals surface area contributed by atoms with Gasteiger partial charge in [-0.2, -0.15) is 0 Å². The van der Waals surface area contributed by atoms with Crippen LogP contribution in [0.5, 0.6) is 5.75 Å². The molecule has 0 aliphatic carbocycles.